The van der Waals surface area contributed by atoms with Gasteiger partial charge in [-0.05, 0) is 51.4 Å². The van der Waals surface area contributed by atoms with Crippen LogP contribution in [0, 0.1) is 18.7 Å². The summed E-state index contributed by atoms with van der Waals surface area (Å²) in [5.74, 6) is -8.09. The van der Waals surface area contributed by atoms with Gasteiger partial charge in [0.2, 0.25) is 5.88 Å². The lowest BCUT2D eigenvalue weighted by molar-refractivity contribution is -0.193. The number of piperidine rings is 1. The van der Waals surface area contributed by atoms with Gasteiger partial charge < -0.3 is 20.1 Å². The van der Waals surface area contributed by atoms with Crippen molar-refractivity contribution in [2.45, 2.75) is 50.4 Å². The van der Waals surface area contributed by atoms with Gasteiger partial charge in [0, 0.05) is 35.9 Å². The number of ether oxygens (including phenoxy) is 1. The van der Waals surface area contributed by atoms with Crippen LogP contribution >= 0.6 is 11.3 Å². The molecule has 0 saturated carbocycles. The highest BCUT2D eigenvalue weighted by Gasteiger charge is 2.49. The Balaban J connectivity index is 0.000000430. The summed E-state index contributed by atoms with van der Waals surface area (Å²) in [6.07, 6.45) is -11.5. The third-order valence-corrected chi connectivity index (χ3v) is 7.27. The van der Waals surface area contributed by atoms with Crippen LogP contribution in [0.5, 0.6) is 5.88 Å². The molecule has 11 nitrogen and oxygen atoms in total. The fourth-order valence-corrected chi connectivity index (χ4v) is 4.97. The van der Waals surface area contributed by atoms with Gasteiger partial charge in [0.1, 0.15) is 5.01 Å². The fourth-order valence-electron chi connectivity index (χ4n) is 4.16. The number of likely N-dealkylation sites (N-methyl/N-ethyl adjacent to an activating group) is 1. The van der Waals surface area contributed by atoms with E-state index in [9.17, 15) is 43.9 Å². The van der Waals surface area contributed by atoms with E-state index in [1.807, 2.05) is 6.92 Å². The average Bonchev–Trinajstić information content (AvgIpc) is 3.32. The second-order valence-electron chi connectivity index (χ2n) is 10.0. The molecule has 3 N–H and O–H groups in total. The van der Waals surface area contributed by atoms with Gasteiger partial charge in [-0.2, -0.15) is 39.5 Å². The lowest BCUT2D eigenvalue weighted by Crippen LogP contribution is -2.71. The van der Waals surface area contributed by atoms with E-state index < -0.39 is 36.4 Å². The zero-order valence-electron chi connectivity index (χ0n) is 24.3. The number of likely N-dealkylation sites (tertiary alicyclic amines) is 2. The zero-order valence-corrected chi connectivity index (χ0v) is 25.1. The molecule has 47 heavy (non-hydrogen) atoms. The molecule has 1 spiro atoms. The van der Waals surface area contributed by atoms with E-state index in [1.54, 1.807) is 23.6 Å². The van der Waals surface area contributed by atoms with E-state index in [-0.39, 0.29) is 17.2 Å². The summed E-state index contributed by atoms with van der Waals surface area (Å²) in [6, 6.07) is 2.97. The lowest BCUT2D eigenvalue weighted by atomic mass is 9.75. The number of nitrogens with zero attached hydrogens (tertiary/aromatic N) is 4. The minimum absolute atomic E-state index is 0.120. The number of alkyl halides is 9. The highest BCUT2D eigenvalue weighted by atomic mass is 32.1. The maximum absolute atomic E-state index is 13.7. The monoisotopic (exact) mass is 718 g/mol. The van der Waals surface area contributed by atoms with Crippen molar-refractivity contribution in [1.29, 1.82) is 0 Å². The van der Waals surface area contributed by atoms with Gasteiger partial charge in [-0.15, -0.1) is 11.3 Å². The van der Waals surface area contributed by atoms with E-state index in [4.69, 9.17) is 34.4 Å². The third kappa shape index (κ3) is 14.2. The summed E-state index contributed by atoms with van der Waals surface area (Å²) in [5, 5.41) is 24.7. The number of hydrogen-bond acceptors (Lipinski definition) is 9. The van der Waals surface area contributed by atoms with Crippen LogP contribution in [-0.4, -0.2) is 110 Å². The van der Waals surface area contributed by atoms with Crippen molar-refractivity contribution in [3.63, 3.8) is 0 Å². The Morgan fingerprint density at radius 2 is 1.47 bits per heavy atom. The molecule has 22 heteroatoms. The van der Waals surface area contributed by atoms with Crippen molar-refractivity contribution < 1.29 is 78.3 Å². The van der Waals surface area contributed by atoms with Gasteiger partial charge >= 0.3 is 36.4 Å². The van der Waals surface area contributed by atoms with Crippen molar-refractivity contribution in [3.8, 4) is 5.88 Å². The molecule has 0 radical (unpaired) electrons. The standard InChI is InChI=1S/C19H25FN4OS.3C2HF3O2/c1-14-11-26-17(22-14)9-24-12-19(13-24)8-15(5-7-23(19)2)10-25-18-16(20)4-3-6-21-18;3*3-2(4,5)1(6)7/h3-4,6,11,15H,5,7-10,12-13H2,1-2H3;3*(H,6,7). The molecule has 2 saturated heterocycles. The first-order valence-corrected chi connectivity index (χ1v) is 13.7. The molecule has 0 aliphatic carbocycles. The Labute approximate surface area is 263 Å². The van der Waals surface area contributed by atoms with Crippen molar-refractivity contribution >= 4 is 29.2 Å². The second-order valence-corrected chi connectivity index (χ2v) is 11.0. The third-order valence-electron chi connectivity index (χ3n) is 6.32. The molecule has 266 valence electrons. The van der Waals surface area contributed by atoms with E-state index in [0.29, 0.717) is 12.5 Å². The molecule has 1 atom stereocenters. The van der Waals surface area contributed by atoms with E-state index in [1.165, 1.54) is 11.1 Å². The molecule has 4 heterocycles. The normalized spacial score (nSPS) is 17.8. The summed E-state index contributed by atoms with van der Waals surface area (Å²) in [7, 11) is 2.22. The number of halogens is 10. The van der Waals surface area contributed by atoms with Crippen molar-refractivity contribution in [2.75, 3.05) is 33.3 Å². The number of carboxylic acids is 3. The van der Waals surface area contributed by atoms with Gasteiger partial charge in [0.15, 0.2) is 5.82 Å². The number of carboxylic acid groups (broad SMARTS) is 3. The fraction of sp³-hybridized carbons (Fsp3) is 0.560. The molecule has 0 aromatic carbocycles. The molecular formula is C25H28F10N4O7S. The van der Waals surface area contributed by atoms with Gasteiger partial charge in [-0.1, -0.05) is 0 Å². The van der Waals surface area contributed by atoms with Crippen molar-refractivity contribution in [1.82, 2.24) is 19.8 Å². The Kier molecular flexibility index (Phi) is 14.8. The maximum atomic E-state index is 13.7. The number of thiazole rings is 1. The molecule has 0 bridgehead atoms. The minimum Gasteiger partial charge on any atom is -0.475 e. The average molecular weight is 719 g/mol. The number of aromatic nitrogens is 2. The molecular weight excluding hydrogens is 690 g/mol. The van der Waals surface area contributed by atoms with Gasteiger partial charge in [0.05, 0.1) is 13.2 Å². The molecule has 2 aliphatic heterocycles. The smallest absolute Gasteiger partial charge is 0.475 e. The Morgan fingerprint density at radius 1 is 0.979 bits per heavy atom. The van der Waals surface area contributed by atoms with E-state index in [0.717, 1.165) is 44.7 Å². The Hall–Kier alpha value is -3.79. The first-order chi connectivity index (χ1) is 21.4. The van der Waals surface area contributed by atoms with Crippen LogP contribution in [-0.2, 0) is 20.9 Å². The van der Waals surface area contributed by atoms with Crippen LogP contribution in [0.1, 0.15) is 23.5 Å². The summed E-state index contributed by atoms with van der Waals surface area (Å²) in [5.41, 5.74) is 1.33. The first kappa shape index (κ1) is 41.2. The summed E-state index contributed by atoms with van der Waals surface area (Å²) in [6.45, 7) is 6.71. The first-order valence-electron chi connectivity index (χ1n) is 12.9. The van der Waals surface area contributed by atoms with Crippen LogP contribution < -0.4 is 4.74 Å². The Morgan fingerprint density at radius 3 is 1.87 bits per heavy atom. The van der Waals surface area contributed by atoms with Crippen LogP contribution in [0.15, 0.2) is 23.7 Å². The summed E-state index contributed by atoms with van der Waals surface area (Å²) in [4.78, 5) is 40.2. The second kappa shape index (κ2) is 16.9. The topological polar surface area (TPSA) is 153 Å². The molecule has 2 fully saturated rings. The Bertz CT molecular complexity index is 1280. The quantitative estimate of drug-likeness (QED) is 0.364. The zero-order chi connectivity index (χ0) is 36.4. The minimum atomic E-state index is -5.08. The molecule has 2 aliphatic rings. The number of rotatable bonds is 5. The lowest BCUT2D eigenvalue weighted by Gasteiger charge is -2.58. The highest BCUT2D eigenvalue weighted by Crippen LogP contribution is 2.39. The van der Waals surface area contributed by atoms with Crippen LogP contribution in [0.2, 0.25) is 0 Å². The number of carbonyl (C=O) groups is 3. The van der Waals surface area contributed by atoms with Gasteiger partial charge in [-0.25, -0.2) is 28.7 Å². The summed E-state index contributed by atoms with van der Waals surface area (Å²) < 4.78 is 115. The van der Waals surface area contributed by atoms with Gasteiger partial charge in [-0.3, -0.25) is 9.80 Å². The number of hydrogen-bond donors (Lipinski definition) is 3. The molecule has 2 aromatic heterocycles. The van der Waals surface area contributed by atoms with Crippen molar-refractivity contribution in [2.24, 2.45) is 5.92 Å². The van der Waals surface area contributed by atoms with Crippen molar-refractivity contribution in [3.05, 3.63) is 40.2 Å². The van der Waals surface area contributed by atoms with Crippen LogP contribution in [0.3, 0.4) is 0 Å². The van der Waals surface area contributed by atoms with Crippen LogP contribution in [0.4, 0.5) is 43.9 Å². The summed E-state index contributed by atoms with van der Waals surface area (Å²) >= 11 is 1.74. The maximum Gasteiger partial charge on any atom is 0.490 e. The molecule has 2 aromatic rings. The predicted molar refractivity (Wildman–Crippen MR) is 141 cm³/mol. The predicted octanol–water partition coefficient (Wildman–Crippen LogP) is 4.86. The number of pyridine rings is 1. The highest BCUT2D eigenvalue weighted by molar-refractivity contribution is 7.09. The van der Waals surface area contributed by atoms with E-state index in [2.05, 4.69) is 32.2 Å². The molecule has 4 rings (SSSR count). The largest absolute Gasteiger partial charge is 0.490 e. The van der Waals surface area contributed by atoms with Crippen LogP contribution in [0.25, 0.3) is 0 Å². The number of aryl methyl sites for hydroxylation is 1. The molecule has 0 amide bonds. The van der Waals surface area contributed by atoms with Gasteiger partial charge in [0.25, 0.3) is 0 Å². The SMILES string of the molecule is Cc1csc(CN2CC3(CC(COc4ncccc4F)CCN3C)C2)n1.O=C(O)C(F)(F)F.O=C(O)C(F)(F)F.O=C(O)C(F)(F)F. The molecule has 1 unspecified atom stereocenters. The van der Waals surface area contributed by atoms with E-state index >= 15 is 0 Å². The number of aliphatic carboxylic acids is 3.